The van der Waals surface area contributed by atoms with Gasteiger partial charge in [0, 0.05) is 13.5 Å². The molecule has 2 aromatic carbocycles. The first-order chi connectivity index (χ1) is 8.29. The molecule has 1 unspecified atom stereocenters. The molecule has 2 N–H and O–H groups in total. The van der Waals surface area contributed by atoms with Gasteiger partial charge in [-0.25, -0.2) is 0 Å². The molecule has 0 spiro atoms. The average molecular weight is 227 g/mol. The van der Waals surface area contributed by atoms with Crippen molar-refractivity contribution in [1.29, 1.82) is 0 Å². The normalized spacial score (nSPS) is 12.4. The Kier molecular flexibility index (Phi) is 3.91. The van der Waals surface area contributed by atoms with Crippen LogP contribution in [0.5, 0.6) is 0 Å². The second-order valence-corrected chi connectivity index (χ2v) is 4.04. The molecule has 0 aliphatic heterocycles. The van der Waals surface area contributed by atoms with Crippen molar-refractivity contribution in [2.45, 2.75) is 12.6 Å². The molecule has 0 aliphatic rings. The van der Waals surface area contributed by atoms with Crippen LogP contribution in [0, 0.1) is 0 Å². The quantitative estimate of drug-likeness (QED) is 0.815. The van der Waals surface area contributed by atoms with Crippen molar-refractivity contribution in [2.75, 3.05) is 7.11 Å². The molecular weight excluding hydrogens is 210 g/mol. The van der Waals surface area contributed by atoms with Crippen LogP contribution in [0.1, 0.15) is 5.56 Å². The first-order valence-corrected chi connectivity index (χ1v) is 5.72. The van der Waals surface area contributed by atoms with Crippen LogP contribution >= 0.6 is 0 Å². The highest BCUT2D eigenvalue weighted by Crippen LogP contribution is 2.19. The third-order valence-electron chi connectivity index (χ3n) is 2.80. The zero-order chi connectivity index (χ0) is 12.1. The third kappa shape index (κ3) is 3.16. The average Bonchev–Trinajstić information content (AvgIpc) is 2.40. The van der Waals surface area contributed by atoms with Gasteiger partial charge in [0.15, 0.2) is 0 Å². The monoisotopic (exact) mass is 227 g/mol. The van der Waals surface area contributed by atoms with Crippen LogP contribution in [-0.2, 0) is 11.2 Å². The molecule has 0 fully saturated rings. The minimum Gasteiger partial charge on any atom is -0.366 e. The molecule has 2 aromatic rings. The molecule has 0 heterocycles. The van der Waals surface area contributed by atoms with E-state index >= 15 is 0 Å². The lowest BCUT2D eigenvalue weighted by Crippen LogP contribution is -2.24. The van der Waals surface area contributed by atoms with Crippen LogP contribution < -0.4 is 5.73 Å². The fraction of sp³-hybridized carbons (Fsp3) is 0.200. The van der Waals surface area contributed by atoms with Crippen molar-refractivity contribution in [2.24, 2.45) is 5.73 Å². The van der Waals surface area contributed by atoms with E-state index in [0.29, 0.717) is 0 Å². The summed E-state index contributed by atoms with van der Waals surface area (Å²) < 4.78 is 5.05. The number of nitrogens with two attached hydrogens (primary N) is 1. The Hall–Kier alpha value is -1.64. The fourth-order valence-electron chi connectivity index (χ4n) is 1.78. The number of benzene rings is 2. The van der Waals surface area contributed by atoms with Gasteiger partial charge >= 0.3 is 0 Å². The number of hydrogen-bond acceptors (Lipinski definition) is 2. The standard InChI is InChI=1S/C15H17NO/c1-17-15(16)11-12-7-9-14(10-8-12)13-5-3-2-4-6-13/h2-10,15H,11,16H2,1H3. The minimum atomic E-state index is -0.224. The number of methoxy groups -OCH3 is 1. The Bertz CT molecular complexity index is 450. The van der Waals surface area contributed by atoms with Gasteiger partial charge in [-0.05, 0) is 16.7 Å². The van der Waals surface area contributed by atoms with E-state index in [1.807, 2.05) is 18.2 Å². The summed E-state index contributed by atoms with van der Waals surface area (Å²) in [7, 11) is 1.63. The Morgan fingerprint density at radius 2 is 1.53 bits per heavy atom. The molecule has 1 atom stereocenters. The van der Waals surface area contributed by atoms with Crippen LogP contribution in [-0.4, -0.2) is 13.3 Å². The maximum absolute atomic E-state index is 5.73. The van der Waals surface area contributed by atoms with Gasteiger partial charge in [-0.1, -0.05) is 54.6 Å². The van der Waals surface area contributed by atoms with Crippen molar-refractivity contribution < 1.29 is 4.74 Å². The summed E-state index contributed by atoms with van der Waals surface area (Å²) in [5, 5.41) is 0. The second-order valence-electron chi connectivity index (χ2n) is 4.04. The molecule has 0 aromatic heterocycles. The van der Waals surface area contributed by atoms with E-state index < -0.39 is 0 Å². The maximum Gasteiger partial charge on any atom is 0.109 e. The maximum atomic E-state index is 5.73. The number of ether oxygens (including phenoxy) is 1. The van der Waals surface area contributed by atoms with E-state index in [1.54, 1.807) is 7.11 Å². The predicted molar refractivity (Wildman–Crippen MR) is 70.6 cm³/mol. The topological polar surface area (TPSA) is 35.2 Å². The highest BCUT2D eigenvalue weighted by Gasteiger charge is 2.02. The van der Waals surface area contributed by atoms with E-state index in [-0.39, 0.29) is 6.23 Å². The van der Waals surface area contributed by atoms with E-state index in [4.69, 9.17) is 10.5 Å². The highest BCUT2D eigenvalue weighted by atomic mass is 16.5. The summed E-state index contributed by atoms with van der Waals surface area (Å²) in [5.41, 5.74) is 9.38. The SMILES string of the molecule is COC(N)Cc1ccc(-c2ccccc2)cc1. The van der Waals surface area contributed by atoms with Crippen molar-refractivity contribution in [3.8, 4) is 11.1 Å². The molecule has 2 heteroatoms. The van der Waals surface area contributed by atoms with E-state index in [1.165, 1.54) is 16.7 Å². The Labute approximate surface area is 102 Å². The molecule has 0 saturated heterocycles. The fourth-order valence-corrected chi connectivity index (χ4v) is 1.78. The summed E-state index contributed by atoms with van der Waals surface area (Å²) in [6, 6.07) is 18.8. The van der Waals surface area contributed by atoms with Gasteiger partial charge < -0.3 is 10.5 Å². The van der Waals surface area contributed by atoms with E-state index in [9.17, 15) is 0 Å². The van der Waals surface area contributed by atoms with Crippen molar-refractivity contribution in [3.63, 3.8) is 0 Å². The first-order valence-electron chi connectivity index (χ1n) is 5.72. The zero-order valence-electron chi connectivity index (χ0n) is 9.97. The predicted octanol–water partition coefficient (Wildman–Crippen LogP) is 2.83. The molecule has 88 valence electrons. The molecule has 0 bridgehead atoms. The second kappa shape index (κ2) is 5.62. The molecule has 2 rings (SSSR count). The zero-order valence-corrected chi connectivity index (χ0v) is 9.97. The van der Waals surface area contributed by atoms with Gasteiger partial charge in [0.1, 0.15) is 6.23 Å². The highest BCUT2D eigenvalue weighted by molar-refractivity contribution is 5.63. The van der Waals surface area contributed by atoms with Gasteiger partial charge in [0.2, 0.25) is 0 Å². The minimum absolute atomic E-state index is 0.224. The van der Waals surface area contributed by atoms with Crippen molar-refractivity contribution in [1.82, 2.24) is 0 Å². The molecule has 0 radical (unpaired) electrons. The van der Waals surface area contributed by atoms with Gasteiger partial charge in [-0.3, -0.25) is 0 Å². The Morgan fingerprint density at radius 3 is 2.12 bits per heavy atom. The first kappa shape index (κ1) is 11.8. The van der Waals surface area contributed by atoms with Gasteiger partial charge in [-0.2, -0.15) is 0 Å². The molecule has 0 saturated carbocycles. The number of rotatable bonds is 4. The van der Waals surface area contributed by atoms with Crippen molar-refractivity contribution in [3.05, 3.63) is 60.2 Å². The smallest absolute Gasteiger partial charge is 0.109 e. The van der Waals surface area contributed by atoms with Crippen LogP contribution in [0.4, 0.5) is 0 Å². The van der Waals surface area contributed by atoms with Crippen LogP contribution in [0.15, 0.2) is 54.6 Å². The summed E-state index contributed by atoms with van der Waals surface area (Å²) in [6.45, 7) is 0. The molecule has 0 aliphatic carbocycles. The lowest BCUT2D eigenvalue weighted by molar-refractivity contribution is 0.109. The largest absolute Gasteiger partial charge is 0.366 e. The van der Waals surface area contributed by atoms with Gasteiger partial charge in [-0.15, -0.1) is 0 Å². The van der Waals surface area contributed by atoms with Crippen LogP contribution in [0.2, 0.25) is 0 Å². The summed E-state index contributed by atoms with van der Waals surface area (Å²) in [5.74, 6) is 0. The molecule has 2 nitrogen and oxygen atoms in total. The lowest BCUT2D eigenvalue weighted by Gasteiger charge is -2.09. The summed E-state index contributed by atoms with van der Waals surface area (Å²) in [4.78, 5) is 0. The molecular formula is C15H17NO. The van der Waals surface area contributed by atoms with Crippen LogP contribution in [0.3, 0.4) is 0 Å². The van der Waals surface area contributed by atoms with Crippen LogP contribution in [0.25, 0.3) is 11.1 Å². The molecule has 17 heavy (non-hydrogen) atoms. The van der Waals surface area contributed by atoms with Gasteiger partial charge in [0.25, 0.3) is 0 Å². The number of hydrogen-bond donors (Lipinski definition) is 1. The lowest BCUT2D eigenvalue weighted by atomic mass is 10.0. The molecule has 0 amide bonds. The van der Waals surface area contributed by atoms with Gasteiger partial charge in [0.05, 0.1) is 0 Å². The Morgan fingerprint density at radius 1 is 0.941 bits per heavy atom. The van der Waals surface area contributed by atoms with E-state index in [2.05, 4.69) is 36.4 Å². The van der Waals surface area contributed by atoms with E-state index in [0.717, 1.165) is 6.42 Å². The van der Waals surface area contributed by atoms with Crippen molar-refractivity contribution >= 4 is 0 Å². The Balaban J connectivity index is 2.13. The summed E-state index contributed by atoms with van der Waals surface area (Å²) >= 11 is 0. The summed E-state index contributed by atoms with van der Waals surface area (Å²) in [6.07, 6.45) is 0.517. The third-order valence-corrected chi connectivity index (χ3v) is 2.80.